The minimum Gasteiger partial charge on any atom is -0.379 e. The van der Waals surface area contributed by atoms with E-state index < -0.39 is 0 Å². The average molecular weight is 341 g/mol. The summed E-state index contributed by atoms with van der Waals surface area (Å²) in [6.07, 6.45) is 1.48. The van der Waals surface area contributed by atoms with E-state index >= 15 is 0 Å². The fraction of sp³-hybridized carbons (Fsp3) is 0.263. The number of morpholine rings is 1. The van der Waals surface area contributed by atoms with E-state index in [1.807, 2.05) is 12.1 Å². The summed E-state index contributed by atoms with van der Waals surface area (Å²) in [7, 11) is 0. The van der Waals surface area contributed by atoms with Crippen molar-refractivity contribution >= 4 is 12.1 Å². The largest absolute Gasteiger partial charge is 0.379 e. The first-order valence-electron chi connectivity index (χ1n) is 8.19. The van der Waals surface area contributed by atoms with Crippen molar-refractivity contribution in [2.75, 3.05) is 26.3 Å². The number of hydrazone groups is 1. The lowest BCUT2D eigenvalue weighted by Gasteiger charge is -2.26. The van der Waals surface area contributed by atoms with Gasteiger partial charge in [-0.05, 0) is 35.4 Å². The molecule has 0 spiro atoms. The molecule has 0 radical (unpaired) electrons. The maximum atomic E-state index is 12.8. The molecule has 130 valence electrons. The first-order valence-corrected chi connectivity index (χ1v) is 8.19. The van der Waals surface area contributed by atoms with Crippen molar-refractivity contribution in [3.8, 4) is 0 Å². The Hall–Kier alpha value is -2.57. The Bertz CT molecular complexity index is 723. The van der Waals surface area contributed by atoms with Gasteiger partial charge >= 0.3 is 0 Å². The highest BCUT2D eigenvalue weighted by atomic mass is 19.1. The second kappa shape index (κ2) is 8.50. The van der Waals surface area contributed by atoms with Crippen molar-refractivity contribution in [1.82, 2.24) is 10.3 Å². The highest BCUT2D eigenvalue weighted by molar-refractivity contribution is 5.94. The average Bonchev–Trinajstić information content (AvgIpc) is 2.65. The van der Waals surface area contributed by atoms with Gasteiger partial charge in [0, 0.05) is 25.2 Å². The van der Waals surface area contributed by atoms with Gasteiger partial charge in [-0.3, -0.25) is 9.69 Å². The summed E-state index contributed by atoms with van der Waals surface area (Å²) >= 11 is 0. The molecule has 0 atom stereocenters. The number of carbonyl (C=O) groups excluding carboxylic acids is 1. The van der Waals surface area contributed by atoms with Crippen LogP contribution in [0.5, 0.6) is 0 Å². The molecule has 5 nitrogen and oxygen atoms in total. The fourth-order valence-corrected chi connectivity index (χ4v) is 2.56. The van der Waals surface area contributed by atoms with Crippen LogP contribution in [0.15, 0.2) is 53.6 Å². The third kappa shape index (κ3) is 5.20. The molecule has 0 aliphatic carbocycles. The van der Waals surface area contributed by atoms with E-state index in [1.54, 1.807) is 24.3 Å². The van der Waals surface area contributed by atoms with Crippen LogP contribution in [0.1, 0.15) is 21.5 Å². The van der Waals surface area contributed by atoms with Crippen molar-refractivity contribution in [1.29, 1.82) is 0 Å². The Morgan fingerprint density at radius 3 is 2.48 bits per heavy atom. The van der Waals surface area contributed by atoms with Gasteiger partial charge in [-0.1, -0.05) is 24.3 Å². The molecule has 2 aromatic carbocycles. The summed E-state index contributed by atoms with van der Waals surface area (Å²) in [4.78, 5) is 14.4. The molecule has 2 aromatic rings. The molecule has 0 bridgehead atoms. The monoisotopic (exact) mass is 341 g/mol. The van der Waals surface area contributed by atoms with Gasteiger partial charge in [-0.25, -0.2) is 9.82 Å². The highest BCUT2D eigenvalue weighted by Gasteiger charge is 2.11. The van der Waals surface area contributed by atoms with Crippen LogP contribution in [0.3, 0.4) is 0 Å². The zero-order chi connectivity index (χ0) is 17.5. The molecule has 1 N–H and O–H groups in total. The van der Waals surface area contributed by atoms with E-state index in [0.717, 1.165) is 38.4 Å². The number of nitrogens with one attached hydrogen (secondary N) is 1. The van der Waals surface area contributed by atoms with Crippen molar-refractivity contribution < 1.29 is 13.9 Å². The molecule has 1 fully saturated rings. The van der Waals surface area contributed by atoms with Crippen LogP contribution in [0.2, 0.25) is 0 Å². The van der Waals surface area contributed by atoms with Crippen LogP contribution in [0, 0.1) is 5.82 Å². The maximum Gasteiger partial charge on any atom is 0.271 e. The second-order valence-electron chi connectivity index (χ2n) is 5.84. The fourth-order valence-electron chi connectivity index (χ4n) is 2.56. The minimum atomic E-state index is -0.307. The van der Waals surface area contributed by atoms with Crippen LogP contribution >= 0.6 is 0 Å². The number of hydrogen-bond acceptors (Lipinski definition) is 4. The number of benzene rings is 2. The normalized spacial score (nSPS) is 15.4. The molecular weight excluding hydrogens is 321 g/mol. The quantitative estimate of drug-likeness (QED) is 0.671. The summed E-state index contributed by atoms with van der Waals surface area (Å²) in [6.45, 7) is 4.26. The number of ether oxygens (including phenoxy) is 1. The molecule has 25 heavy (non-hydrogen) atoms. The predicted molar refractivity (Wildman–Crippen MR) is 94.0 cm³/mol. The van der Waals surface area contributed by atoms with Gasteiger partial charge in [0.1, 0.15) is 5.82 Å². The number of hydrogen-bond donors (Lipinski definition) is 1. The number of carbonyl (C=O) groups is 1. The molecule has 1 aliphatic heterocycles. The first-order chi connectivity index (χ1) is 12.2. The standard InChI is InChI=1S/C19H20FN3O2/c20-18-7-3-15(4-8-18)13-21-22-19(24)17-5-1-16(2-6-17)14-23-9-11-25-12-10-23/h1-8,13H,9-12,14H2,(H,22,24)/b21-13-. The molecule has 3 rings (SSSR count). The molecule has 0 unspecified atom stereocenters. The molecule has 0 saturated carbocycles. The van der Waals surface area contributed by atoms with E-state index in [-0.39, 0.29) is 11.7 Å². The van der Waals surface area contributed by atoms with Crippen LogP contribution in [-0.2, 0) is 11.3 Å². The SMILES string of the molecule is O=C(N/N=C\c1ccc(F)cc1)c1ccc(CN2CCOCC2)cc1. The van der Waals surface area contributed by atoms with Gasteiger partial charge in [-0.2, -0.15) is 5.10 Å². The van der Waals surface area contributed by atoms with E-state index in [4.69, 9.17) is 4.74 Å². The zero-order valence-corrected chi connectivity index (χ0v) is 13.8. The molecule has 6 heteroatoms. The third-order valence-electron chi connectivity index (χ3n) is 3.98. The summed E-state index contributed by atoms with van der Waals surface area (Å²) in [6, 6.07) is 13.3. The molecule has 1 heterocycles. The van der Waals surface area contributed by atoms with Gasteiger partial charge in [0.05, 0.1) is 19.4 Å². The van der Waals surface area contributed by atoms with Crippen LogP contribution in [0.25, 0.3) is 0 Å². The minimum absolute atomic E-state index is 0.281. The lowest BCUT2D eigenvalue weighted by Crippen LogP contribution is -2.35. The van der Waals surface area contributed by atoms with E-state index in [2.05, 4.69) is 15.4 Å². The van der Waals surface area contributed by atoms with Crippen LogP contribution in [0.4, 0.5) is 4.39 Å². The number of rotatable bonds is 5. The van der Waals surface area contributed by atoms with Crippen molar-refractivity contribution in [3.05, 3.63) is 71.0 Å². The Morgan fingerprint density at radius 1 is 1.12 bits per heavy atom. The summed E-state index contributed by atoms with van der Waals surface area (Å²) in [5, 5.41) is 3.89. The maximum absolute atomic E-state index is 12.8. The zero-order valence-electron chi connectivity index (χ0n) is 13.8. The summed E-state index contributed by atoms with van der Waals surface area (Å²) in [5.41, 5.74) is 4.89. The Kier molecular flexibility index (Phi) is 5.87. The highest BCUT2D eigenvalue weighted by Crippen LogP contribution is 2.09. The Morgan fingerprint density at radius 2 is 1.80 bits per heavy atom. The predicted octanol–water partition coefficient (Wildman–Crippen LogP) is 2.42. The van der Waals surface area contributed by atoms with Crippen molar-refractivity contribution in [3.63, 3.8) is 0 Å². The number of amides is 1. The van der Waals surface area contributed by atoms with Gasteiger partial charge in [0.2, 0.25) is 0 Å². The molecular formula is C19H20FN3O2. The molecule has 1 amide bonds. The summed E-state index contributed by atoms with van der Waals surface area (Å²) in [5.74, 6) is -0.588. The summed E-state index contributed by atoms with van der Waals surface area (Å²) < 4.78 is 18.2. The van der Waals surface area contributed by atoms with Crippen molar-refractivity contribution in [2.45, 2.75) is 6.54 Å². The van der Waals surface area contributed by atoms with E-state index in [1.165, 1.54) is 18.3 Å². The lowest BCUT2D eigenvalue weighted by atomic mass is 10.1. The van der Waals surface area contributed by atoms with E-state index in [9.17, 15) is 9.18 Å². The molecule has 1 aliphatic rings. The van der Waals surface area contributed by atoms with Gasteiger partial charge < -0.3 is 4.74 Å². The van der Waals surface area contributed by atoms with Crippen molar-refractivity contribution in [2.24, 2.45) is 5.10 Å². The topological polar surface area (TPSA) is 53.9 Å². The third-order valence-corrected chi connectivity index (χ3v) is 3.98. The first kappa shape index (κ1) is 17.3. The van der Waals surface area contributed by atoms with Crippen LogP contribution < -0.4 is 5.43 Å². The molecule has 0 aromatic heterocycles. The second-order valence-corrected chi connectivity index (χ2v) is 5.84. The van der Waals surface area contributed by atoms with Gasteiger partial charge in [0.15, 0.2) is 0 Å². The van der Waals surface area contributed by atoms with Gasteiger partial charge in [-0.15, -0.1) is 0 Å². The Labute approximate surface area is 146 Å². The van der Waals surface area contributed by atoms with Crippen LogP contribution in [-0.4, -0.2) is 43.3 Å². The van der Waals surface area contributed by atoms with E-state index in [0.29, 0.717) is 11.1 Å². The van der Waals surface area contributed by atoms with Gasteiger partial charge in [0.25, 0.3) is 5.91 Å². The smallest absolute Gasteiger partial charge is 0.271 e. The number of nitrogens with zero attached hydrogens (tertiary/aromatic N) is 2. The Balaban J connectivity index is 1.52. The lowest BCUT2D eigenvalue weighted by molar-refractivity contribution is 0.0342. The number of halogens is 1. The molecule has 1 saturated heterocycles.